The molecule has 0 radical (unpaired) electrons. The van der Waals surface area contributed by atoms with Crippen LogP contribution in [0.25, 0.3) is 0 Å². The summed E-state index contributed by atoms with van der Waals surface area (Å²) < 4.78 is 125. The van der Waals surface area contributed by atoms with Gasteiger partial charge in [0, 0.05) is 77.5 Å². The molecule has 4 aliphatic rings. The molecule has 27 heteroatoms. The van der Waals surface area contributed by atoms with Gasteiger partial charge >= 0.3 is 12.1 Å². The summed E-state index contributed by atoms with van der Waals surface area (Å²) in [6.45, 7) is 16.8. The summed E-state index contributed by atoms with van der Waals surface area (Å²) >= 11 is 0. The average molecular weight is 1420 g/mol. The van der Waals surface area contributed by atoms with Crippen molar-refractivity contribution >= 4 is 58.0 Å². The monoisotopic (exact) mass is 1420 g/mol. The number of fused-ring (bicyclic) bond motifs is 3. The van der Waals surface area contributed by atoms with Crippen molar-refractivity contribution in [3.63, 3.8) is 0 Å². The minimum atomic E-state index is -4.86. The van der Waals surface area contributed by atoms with E-state index < -0.39 is 135 Å². The first-order valence-corrected chi connectivity index (χ1v) is 37.2. The number of cyclic esters (lactones) is 1. The Bertz CT molecular complexity index is 3460. The smallest absolute Gasteiger partial charge is 0.417 e. The van der Waals surface area contributed by atoms with E-state index in [0.717, 1.165) is 55.3 Å². The number of amides is 2. The molecule has 2 aromatic rings. The predicted octanol–water partition coefficient (Wildman–Crippen LogP) is 10.6. The number of nitrogens with zero attached hydrogens (tertiary/aromatic N) is 2. The third-order valence-corrected chi connectivity index (χ3v) is 21.4. The lowest BCUT2D eigenvalue weighted by Gasteiger charge is -2.42. The molecule has 16 atom stereocenters. The lowest BCUT2D eigenvalue weighted by atomic mass is 9.78. The Morgan fingerprint density at radius 2 is 1.56 bits per heavy atom. The van der Waals surface area contributed by atoms with E-state index in [1.54, 1.807) is 54.4 Å². The van der Waals surface area contributed by atoms with E-state index in [9.17, 15) is 74.6 Å². The highest BCUT2D eigenvalue weighted by Crippen LogP contribution is 2.45. The number of ether oxygens (including phenoxy) is 5. The van der Waals surface area contributed by atoms with Gasteiger partial charge in [-0.25, -0.2) is 17.6 Å². The zero-order valence-electron chi connectivity index (χ0n) is 58.2. The molecule has 2 saturated heterocycles. The normalized spacial score (nSPS) is 31.6. The summed E-state index contributed by atoms with van der Waals surface area (Å²) in [5.74, 6) is -11.2. The lowest BCUT2D eigenvalue weighted by molar-refractivity contribution is -0.265. The van der Waals surface area contributed by atoms with Crippen LogP contribution in [0.5, 0.6) is 0 Å². The number of aliphatic hydroxyl groups is 3. The van der Waals surface area contributed by atoms with Gasteiger partial charge in [0.1, 0.15) is 36.0 Å². The highest BCUT2D eigenvalue weighted by atomic mass is 32.2. The number of rotatable bonds is 13. The predicted molar refractivity (Wildman–Crippen MR) is 357 cm³/mol. The van der Waals surface area contributed by atoms with Crippen molar-refractivity contribution in [2.45, 2.75) is 204 Å². The van der Waals surface area contributed by atoms with Crippen LogP contribution in [0.1, 0.15) is 144 Å². The molecular formula is C71H98F4N3O18PS. The van der Waals surface area contributed by atoms with Crippen LogP contribution in [-0.4, -0.2) is 171 Å². The van der Waals surface area contributed by atoms with Gasteiger partial charge in [-0.05, 0) is 156 Å². The van der Waals surface area contributed by atoms with E-state index in [1.165, 1.54) is 18.1 Å². The van der Waals surface area contributed by atoms with Crippen LogP contribution in [0.15, 0.2) is 95.0 Å². The largest absolute Gasteiger partial charge is 0.460 e. The van der Waals surface area contributed by atoms with Gasteiger partial charge in [-0.1, -0.05) is 71.1 Å². The molecule has 544 valence electrons. The molecule has 3 fully saturated rings. The van der Waals surface area contributed by atoms with Crippen LogP contribution in [0, 0.1) is 52.7 Å². The van der Waals surface area contributed by atoms with Crippen molar-refractivity contribution in [2.24, 2.45) is 35.5 Å². The Morgan fingerprint density at radius 3 is 2.17 bits per heavy atom. The summed E-state index contributed by atoms with van der Waals surface area (Å²) in [7, 11) is -2.46. The molecule has 1 saturated carbocycles. The molecule has 6 rings (SSSR count). The third-order valence-electron chi connectivity index (χ3n) is 18.7. The molecular weight excluding hydrogens is 1320 g/mol. The van der Waals surface area contributed by atoms with Crippen LogP contribution >= 0.6 is 7.37 Å². The number of nitrogens with one attached hydrogen (secondary N) is 1. The van der Waals surface area contributed by atoms with Crippen LogP contribution in [0.3, 0.4) is 0 Å². The summed E-state index contributed by atoms with van der Waals surface area (Å²) in [6.07, 6.45) is 6.50. The zero-order valence-corrected chi connectivity index (χ0v) is 59.9. The minimum absolute atomic E-state index is 0.0117. The molecule has 2 aromatic carbocycles. The zero-order chi connectivity index (χ0) is 73.4. The molecule has 21 nitrogen and oxygen atoms in total. The van der Waals surface area contributed by atoms with E-state index in [0.29, 0.717) is 69.4 Å². The Labute approximate surface area is 573 Å². The van der Waals surface area contributed by atoms with E-state index in [4.69, 9.17) is 33.5 Å². The number of Topliss-reactive ketones (excluding diaryl/α,β-unsaturated/α-hetero) is 3. The fourth-order valence-electron chi connectivity index (χ4n) is 12.9. The number of benzene rings is 2. The SMILES string of the molecule is CC(O)(CS(=O)(=O)c1ccc(F)cc1)C(=O)Nc1ccc(C#N)c(C(F)(F)F)c1.CO[C@H]1C[C@@H]2CC[C@@H](C)[C@@](O)(O2)C(=O)C(=O)N2CCCC[C@H]2C(=O)O[C@H]([C@H](C)C[C@@H]2CC[C@@H](OP(C)(C)=O)[C@H](OC)C2)CC(=O)[C@H](C)/C=C(\C)[C@@H](O)[C@@H](OC)C(=O)[C@H](C)C[C@H](C)/C=C/C=C/C=C/1C. The number of esters is 1. The number of nitriles is 1. The van der Waals surface area contributed by atoms with Gasteiger partial charge in [0.15, 0.2) is 28.6 Å². The standard InChI is InChI=1S/C53H84NO14P.C18H14F4N2O4S/c1-32-18-14-13-15-19-33(2)44(63-8)30-40-23-21-38(7)53(61,67-40)50(58)51(59)54-25-17-16-20-41(54)52(60)66-45(35(4)28-39-22-24-43(46(29-39)64-9)68-69(11,12)62)31-42(55)34(3)27-37(6)48(57)49(65-10)47(56)36(5)26-32;1-17(26,10-29(27,28)14-6-3-12(19)4-7-14)16(25)24-13-5-2-11(9-23)15(8-13)18(20,21)22/h13-15,18-19,27,32,34-36,38-41,43-46,48-49,57,61H,16-17,20-26,28-31H2,1-12H3;2-8,26H,10H2,1H3,(H,24,25)/b15-13+,18-14+,33-19+,37-27+;/t32-,34-,35-,36-,38-,39+,40+,41+,43-,44+,45+,46-,48-,49+,53-;/m1./s1. The molecule has 0 spiro atoms. The number of hydrogen-bond acceptors (Lipinski definition) is 19. The number of carbonyl (C=O) groups excluding carboxylic acids is 6. The first-order valence-electron chi connectivity index (χ1n) is 33.1. The number of anilines is 1. The highest BCUT2D eigenvalue weighted by Gasteiger charge is 2.53. The third kappa shape index (κ3) is 23.0. The topological polar surface area (TPSA) is 309 Å². The average Bonchev–Trinajstić information content (AvgIpc) is 0.779. The van der Waals surface area contributed by atoms with Crippen molar-refractivity contribution in [1.82, 2.24) is 4.90 Å². The van der Waals surface area contributed by atoms with Crippen LogP contribution in [-0.2, 0) is 77.6 Å². The van der Waals surface area contributed by atoms with Crippen molar-refractivity contribution in [3.05, 3.63) is 107 Å². The lowest BCUT2D eigenvalue weighted by Crippen LogP contribution is -2.61. The fourth-order valence-corrected chi connectivity index (χ4v) is 15.4. The molecule has 1 unspecified atom stereocenters. The maximum Gasteiger partial charge on any atom is 0.417 e. The number of aliphatic hydroxyl groups excluding tert-OH is 1. The van der Waals surface area contributed by atoms with Crippen molar-refractivity contribution in [3.8, 4) is 6.07 Å². The van der Waals surface area contributed by atoms with Crippen molar-refractivity contribution in [2.75, 3.05) is 52.3 Å². The van der Waals surface area contributed by atoms with E-state index in [1.807, 2.05) is 63.4 Å². The first-order chi connectivity index (χ1) is 45.7. The summed E-state index contributed by atoms with van der Waals surface area (Å²) in [6, 6.07) is 6.25. The van der Waals surface area contributed by atoms with Gasteiger partial charge in [-0.15, -0.1) is 0 Å². The molecule has 0 aromatic heterocycles. The van der Waals surface area contributed by atoms with E-state index in [-0.39, 0.29) is 71.5 Å². The number of hydrogen-bond donors (Lipinski definition) is 4. The van der Waals surface area contributed by atoms with Crippen LogP contribution < -0.4 is 5.32 Å². The Balaban J connectivity index is 0.000000496. The Morgan fingerprint density at radius 1 is 0.888 bits per heavy atom. The van der Waals surface area contributed by atoms with Crippen LogP contribution in [0.4, 0.5) is 23.2 Å². The van der Waals surface area contributed by atoms with Gasteiger partial charge in [0.05, 0.1) is 52.3 Å². The second-order valence-electron chi connectivity index (χ2n) is 27.2. The summed E-state index contributed by atoms with van der Waals surface area (Å²) in [5.41, 5.74) is -3.61. The molecule has 3 heterocycles. The van der Waals surface area contributed by atoms with Gasteiger partial charge in [-0.2, -0.15) is 18.4 Å². The van der Waals surface area contributed by atoms with Gasteiger partial charge in [0.2, 0.25) is 5.79 Å². The number of allylic oxidation sites excluding steroid dienone is 6. The van der Waals surface area contributed by atoms with Gasteiger partial charge in [0.25, 0.3) is 17.6 Å². The highest BCUT2D eigenvalue weighted by molar-refractivity contribution is 7.91. The number of halogens is 4. The molecule has 1 aliphatic carbocycles. The second kappa shape index (κ2) is 36.0. The van der Waals surface area contributed by atoms with Crippen molar-refractivity contribution < 1.29 is 103 Å². The first kappa shape index (κ1) is 82.6. The number of piperidine rings is 1. The molecule has 2 bridgehead atoms. The Kier molecular flexibility index (Phi) is 30.3. The quantitative estimate of drug-likeness (QED) is 0.0362. The van der Waals surface area contributed by atoms with E-state index in [2.05, 4.69) is 0 Å². The maximum atomic E-state index is 14.5. The number of alkyl halides is 3. The maximum absolute atomic E-state index is 14.5. The number of ketones is 3. The summed E-state index contributed by atoms with van der Waals surface area (Å²) in [5, 5.41) is 44.5. The molecule has 2 amide bonds. The molecule has 3 aliphatic heterocycles. The van der Waals surface area contributed by atoms with Gasteiger partial charge < -0.3 is 53.7 Å². The van der Waals surface area contributed by atoms with Crippen LogP contribution in [0.2, 0.25) is 0 Å². The summed E-state index contributed by atoms with van der Waals surface area (Å²) in [4.78, 5) is 84.2. The number of carbonyl (C=O) groups is 6. The number of methoxy groups -OCH3 is 3. The minimum Gasteiger partial charge on any atom is -0.460 e. The second-order valence-corrected chi connectivity index (χ2v) is 31.9. The Hall–Kier alpha value is -6.11. The molecule has 4 N–H and O–H groups in total. The fraction of sp³-hybridized carbons (Fsp3) is 0.620. The van der Waals surface area contributed by atoms with Gasteiger partial charge in [-0.3, -0.25) is 28.5 Å². The van der Waals surface area contributed by atoms with Crippen molar-refractivity contribution in [1.29, 1.82) is 5.26 Å². The molecule has 98 heavy (non-hydrogen) atoms. The number of sulfone groups is 1. The van der Waals surface area contributed by atoms with E-state index >= 15 is 0 Å².